The Labute approximate surface area is 247 Å². The van der Waals surface area contributed by atoms with Crippen molar-refractivity contribution in [3.8, 4) is 17.5 Å². The van der Waals surface area contributed by atoms with Crippen molar-refractivity contribution in [3.63, 3.8) is 0 Å². The van der Waals surface area contributed by atoms with E-state index in [2.05, 4.69) is 32.3 Å². The molecule has 1 atom stereocenters. The minimum absolute atomic E-state index is 0.117. The molecule has 0 bridgehead atoms. The number of carbonyl (C=O) groups excluding carboxylic acids is 1. The van der Waals surface area contributed by atoms with Crippen molar-refractivity contribution in [2.24, 2.45) is 7.05 Å². The van der Waals surface area contributed by atoms with Gasteiger partial charge >= 0.3 is 6.18 Å². The van der Waals surface area contributed by atoms with Crippen LogP contribution in [0.2, 0.25) is 0 Å². The number of hydrogen-bond donors (Lipinski definition) is 1. The first-order valence-corrected chi connectivity index (χ1v) is 13.4. The number of nitrogens with one attached hydrogen (secondary N) is 1. The molecule has 1 amide bonds. The van der Waals surface area contributed by atoms with Gasteiger partial charge in [-0.2, -0.15) is 23.4 Å². The Morgan fingerprint density at radius 1 is 1.02 bits per heavy atom. The van der Waals surface area contributed by atoms with E-state index in [1.807, 2.05) is 0 Å². The molecule has 0 radical (unpaired) electrons. The number of carbonyl (C=O) groups is 1. The highest BCUT2D eigenvalue weighted by Gasteiger charge is 2.37. The van der Waals surface area contributed by atoms with Crippen LogP contribution < -0.4 is 10.9 Å². The molecule has 0 saturated carbocycles. The Morgan fingerprint density at radius 2 is 1.77 bits per heavy atom. The van der Waals surface area contributed by atoms with Gasteiger partial charge in [-0.25, -0.2) is 14.5 Å². The summed E-state index contributed by atoms with van der Waals surface area (Å²) in [6.45, 7) is 3.40. The summed E-state index contributed by atoms with van der Waals surface area (Å²) in [4.78, 5) is 36.7. The number of hydrogen-bond acceptors (Lipinski definition) is 6. The molecule has 6 aromatic rings. The zero-order valence-electron chi connectivity index (χ0n) is 23.6. The predicted octanol–water partition coefficient (Wildman–Crippen LogP) is 4.38. The van der Waals surface area contributed by atoms with E-state index in [4.69, 9.17) is 4.98 Å². The largest absolute Gasteiger partial charge is 0.434 e. The second kappa shape index (κ2) is 10.8. The Balaban J connectivity index is 1.48. The van der Waals surface area contributed by atoms with Crippen molar-refractivity contribution in [2.45, 2.75) is 26.1 Å². The van der Waals surface area contributed by atoms with E-state index in [1.165, 1.54) is 16.1 Å². The predicted molar refractivity (Wildman–Crippen MR) is 155 cm³/mol. The minimum atomic E-state index is -4.66. The SMILES string of the molecule is Cc1nn2cccnc2c1C(=O)N[C@H](C)c1nc2cccc(C#Cc3cnn(C)c3C(F)(F)F)c2c(=O)n1-c1ccccc1. The Kier molecular flexibility index (Phi) is 6.97. The highest BCUT2D eigenvalue weighted by molar-refractivity contribution is 6.01. The lowest BCUT2D eigenvalue weighted by Crippen LogP contribution is -2.33. The van der Waals surface area contributed by atoms with E-state index >= 15 is 0 Å². The number of rotatable bonds is 4. The Bertz CT molecular complexity index is 2190. The molecule has 6 rings (SSSR count). The first kappa shape index (κ1) is 28.4. The van der Waals surface area contributed by atoms with Gasteiger partial charge in [-0.15, -0.1) is 0 Å². The second-order valence-electron chi connectivity index (χ2n) is 9.97. The molecule has 0 aliphatic heterocycles. The van der Waals surface area contributed by atoms with Crippen LogP contribution in [0.5, 0.6) is 0 Å². The third-order valence-electron chi connectivity index (χ3n) is 7.01. The first-order chi connectivity index (χ1) is 21.0. The maximum absolute atomic E-state index is 14.2. The van der Waals surface area contributed by atoms with E-state index in [-0.39, 0.29) is 33.4 Å². The van der Waals surface area contributed by atoms with Crippen molar-refractivity contribution in [3.05, 3.63) is 117 Å². The van der Waals surface area contributed by atoms with Crippen molar-refractivity contribution < 1.29 is 18.0 Å². The van der Waals surface area contributed by atoms with Crippen LogP contribution in [0.1, 0.15) is 51.7 Å². The molecule has 44 heavy (non-hydrogen) atoms. The summed E-state index contributed by atoms with van der Waals surface area (Å²) in [6.07, 6.45) is -0.381. The van der Waals surface area contributed by atoms with Crippen molar-refractivity contribution >= 4 is 22.5 Å². The summed E-state index contributed by atoms with van der Waals surface area (Å²) < 4.78 is 44.4. The number of amides is 1. The van der Waals surface area contributed by atoms with Crippen molar-refractivity contribution in [1.29, 1.82) is 0 Å². The fraction of sp³-hybridized carbons (Fsp3) is 0.161. The van der Waals surface area contributed by atoms with Crippen LogP contribution in [0.4, 0.5) is 13.2 Å². The van der Waals surface area contributed by atoms with E-state index in [0.717, 1.165) is 6.20 Å². The molecule has 0 spiro atoms. The van der Waals surface area contributed by atoms with Crippen LogP contribution >= 0.6 is 0 Å². The molecule has 0 fully saturated rings. The van der Waals surface area contributed by atoms with Crippen LogP contribution in [-0.4, -0.2) is 39.8 Å². The van der Waals surface area contributed by atoms with Crippen molar-refractivity contribution in [2.75, 3.05) is 0 Å². The lowest BCUT2D eigenvalue weighted by Gasteiger charge is -2.20. The first-order valence-electron chi connectivity index (χ1n) is 13.4. The third kappa shape index (κ3) is 4.96. The standard InChI is InChI=1S/C31H23F3N8O2/c1-18-24(28-35-15-8-16-41(28)39-18)29(43)37-19(2)27-38-23-12-7-9-20(13-14-21-17-36-40(3)26(21)31(32,33)34)25(23)30(44)42(27)22-10-5-4-6-11-22/h4-12,15-17,19H,1-3H3,(H,37,43)/t19-/m1/s1. The number of alkyl halides is 3. The molecule has 0 unspecified atom stereocenters. The molecule has 2 aromatic carbocycles. The van der Waals surface area contributed by atoms with Gasteiger partial charge in [0.1, 0.15) is 11.4 Å². The maximum Gasteiger partial charge on any atom is 0.434 e. The van der Waals surface area contributed by atoms with Gasteiger partial charge in [-0.05, 0) is 44.2 Å². The summed E-state index contributed by atoms with van der Waals surface area (Å²) >= 11 is 0. The number of aryl methyl sites for hydroxylation is 2. The minimum Gasteiger partial charge on any atom is -0.342 e. The average Bonchev–Trinajstić information content (AvgIpc) is 3.54. The van der Waals surface area contributed by atoms with E-state index in [1.54, 1.807) is 80.8 Å². The lowest BCUT2D eigenvalue weighted by molar-refractivity contribution is -0.143. The Morgan fingerprint density at radius 3 is 2.52 bits per heavy atom. The van der Waals surface area contributed by atoms with Crippen LogP contribution in [0.25, 0.3) is 22.2 Å². The summed E-state index contributed by atoms with van der Waals surface area (Å²) in [6, 6.07) is 14.4. The van der Waals surface area contributed by atoms with Gasteiger partial charge in [-0.3, -0.25) is 18.8 Å². The molecule has 13 heteroatoms. The number of aromatic nitrogens is 7. The lowest BCUT2D eigenvalue weighted by atomic mass is 10.1. The van der Waals surface area contributed by atoms with Gasteiger partial charge in [0.05, 0.1) is 40.1 Å². The van der Waals surface area contributed by atoms with Gasteiger partial charge in [0.15, 0.2) is 11.3 Å². The number of para-hydroxylation sites is 1. The molecule has 0 saturated heterocycles. The van der Waals surface area contributed by atoms with Gasteiger partial charge in [0.25, 0.3) is 11.5 Å². The van der Waals surface area contributed by atoms with E-state index < -0.39 is 29.4 Å². The molecular weight excluding hydrogens is 573 g/mol. The average molecular weight is 597 g/mol. The van der Waals surface area contributed by atoms with Crippen LogP contribution in [0.3, 0.4) is 0 Å². The number of benzene rings is 2. The highest BCUT2D eigenvalue weighted by Crippen LogP contribution is 2.31. The smallest absolute Gasteiger partial charge is 0.342 e. The van der Waals surface area contributed by atoms with E-state index in [0.29, 0.717) is 21.7 Å². The molecule has 1 N–H and O–H groups in total. The fourth-order valence-electron chi connectivity index (χ4n) is 5.06. The quantitative estimate of drug-likeness (QED) is 0.303. The number of fused-ring (bicyclic) bond motifs is 2. The summed E-state index contributed by atoms with van der Waals surface area (Å²) in [5.74, 6) is 5.05. The Hall–Kier alpha value is -5.77. The summed E-state index contributed by atoms with van der Waals surface area (Å²) in [7, 11) is 1.18. The summed E-state index contributed by atoms with van der Waals surface area (Å²) in [5, 5.41) is 11.1. The van der Waals surface area contributed by atoms with Crippen molar-refractivity contribution in [1.82, 2.24) is 39.2 Å². The fourth-order valence-corrected chi connectivity index (χ4v) is 5.06. The maximum atomic E-state index is 14.2. The zero-order chi connectivity index (χ0) is 31.2. The molecule has 0 aliphatic carbocycles. The second-order valence-corrected chi connectivity index (χ2v) is 9.97. The third-order valence-corrected chi connectivity index (χ3v) is 7.01. The van der Waals surface area contributed by atoms with E-state index in [9.17, 15) is 22.8 Å². The van der Waals surface area contributed by atoms with Gasteiger partial charge < -0.3 is 5.32 Å². The monoisotopic (exact) mass is 596 g/mol. The molecule has 220 valence electrons. The topological polar surface area (TPSA) is 112 Å². The van der Waals surface area contributed by atoms with Crippen LogP contribution in [-0.2, 0) is 13.2 Å². The van der Waals surface area contributed by atoms with Crippen LogP contribution in [0.15, 0.2) is 78.0 Å². The normalized spacial score (nSPS) is 12.2. The molecular formula is C31H23F3N8O2. The number of nitrogens with zero attached hydrogens (tertiary/aromatic N) is 7. The molecule has 4 heterocycles. The number of halogens is 3. The molecule has 10 nitrogen and oxygen atoms in total. The van der Waals surface area contributed by atoms with Gasteiger partial charge in [0.2, 0.25) is 0 Å². The molecule has 0 aliphatic rings. The molecule has 4 aromatic heterocycles. The van der Waals surface area contributed by atoms with Gasteiger partial charge in [0, 0.05) is 25.0 Å². The highest BCUT2D eigenvalue weighted by atomic mass is 19.4. The summed E-state index contributed by atoms with van der Waals surface area (Å²) in [5.41, 5.74) is 0.270. The zero-order valence-corrected chi connectivity index (χ0v) is 23.6. The van der Waals surface area contributed by atoms with Gasteiger partial charge in [-0.1, -0.05) is 36.1 Å². The van der Waals surface area contributed by atoms with Crippen LogP contribution in [0, 0.1) is 18.8 Å².